The van der Waals surface area contributed by atoms with E-state index in [0.717, 1.165) is 45.5 Å². The molecule has 0 saturated heterocycles. The van der Waals surface area contributed by atoms with Gasteiger partial charge in [-0.2, -0.15) is 0 Å². The highest BCUT2D eigenvalue weighted by atomic mass is 16.3. The average molecular weight is 452 g/mol. The summed E-state index contributed by atoms with van der Waals surface area (Å²) < 4.78 is 16.8. The predicted molar refractivity (Wildman–Crippen MR) is 143 cm³/mol. The molecule has 0 aliphatic heterocycles. The normalized spacial score (nSPS) is 12.9. The average Bonchev–Trinajstić information content (AvgIpc) is 3.39. The van der Waals surface area contributed by atoms with Crippen molar-refractivity contribution in [3.63, 3.8) is 0 Å². The maximum atomic E-state index is 8.40. The van der Waals surface area contributed by atoms with E-state index in [1.165, 1.54) is 16.7 Å². The van der Waals surface area contributed by atoms with Gasteiger partial charge < -0.3 is 8.98 Å². The molecule has 0 radical (unpaired) electrons. The topological polar surface area (TPSA) is 31.0 Å². The standard InChI is InChI=1S/C31H34N2O/c1-19(2)22-14-15-25-27(18-34-30(25)16-22)31-32-28-12-7-8-13-29(28)33(31)17-26-23(20(3)4)10-9-11-24(26)21(5)6/h7-16,18-21H,17H2,1-6H3/i19D. The van der Waals surface area contributed by atoms with Crippen LogP contribution in [0.15, 0.2) is 71.3 Å². The van der Waals surface area contributed by atoms with E-state index in [1.54, 1.807) is 0 Å². The lowest BCUT2D eigenvalue weighted by molar-refractivity contribution is 0.615. The lowest BCUT2D eigenvalue weighted by atomic mass is 9.88. The van der Waals surface area contributed by atoms with Crippen molar-refractivity contribution in [1.82, 2.24) is 9.55 Å². The third-order valence-corrected chi connectivity index (χ3v) is 6.86. The molecular formula is C31H34N2O. The van der Waals surface area contributed by atoms with Crippen LogP contribution in [0.3, 0.4) is 0 Å². The van der Waals surface area contributed by atoms with E-state index in [-0.39, 0.29) is 0 Å². The quantitative estimate of drug-likeness (QED) is 0.258. The third-order valence-electron chi connectivity index (χ3n) is 6.86. The van der Waals surface area contributed by atoms with Gasteiger partial charge in [0.15, 0.2) is 0 Å². The van der Waals surface area contributed by atoms with Gasteiger partial charge in [-0.3, -0.25) is 0 Å². The molecule has 5 rings (SSSR count). The smallest absolute Gasteiger partial charge is 0.145 e. The Bertz CT molecular complexity index is 1490. The lowest BCUT2D eigenvalue weighted by Gasteiger charge is -2.21. The van der Waals surface area contributed by atoms with Crippen molar-refractivity contribution in [1.29, 1.82) is 0 Å². The number of para-hydroxylation sites is 2. The van der Waals surface area contributed by atoms with Gasteiger partial charge in [0, 0.05) is 6.76 Å². The second-order valence-corrected chi connectivity index (χ2v) is 10.1. The van der Waals surface area contributed by atoms with E-state index < -0.39 is 5.89 Å². The molecule has 0 saturated carbocycles. The van der Waals surface area contributed by atoms with Crippen LogP contribution >= 0.6 is 0 Å². The molecule has 0 atom stereocenters. The van der Waals surface area contributed by atoms with Crippen molar-refractivity contribution < 1.29 is 5.79 Å². The van der Waals surface area contributed by atoms with E-state index in [1.807, 2.05) is 38.3 Å². The third kappa shape index (κ3) is 3.83. The van der Waals surface area contributed by atoms with E-state index in [4.69, 9.17) is 10.8 Å². The Morgan fingerprint density at radius 3 is 2.26 bits per heavy atom. The Morgan fingerprint density at radius 2 is 1.59 bits per heavy atom. The maximum absolute atomic E-state index is 8.40. The lowest BCUT2D eigenvalue weighted by Crippen LogP contribution is -2.10. The molecule has 3 heteroatoms. The first-order valence-electron chi connectivity index (χ1n) is 12.7. The van der Waals surface area contributed by atoms with Gasteiger partial charge in [-0.25, -0.2) is 4.98 Å². The second kappa shape index (κ2) is 8.79. The molecule has 5 aromatic rings. The SMILES string of the molecule is [2H]C(C)(C)c1ccc2c(-c3nc4ccccc4n3Cc3c(C(C)C)cccc3C(C)C)coc2c1. The van der Waals surface area contributed by atoms with Gasteiger partial charge in [-0.1, -0.05) is 84.0 Å². The summed E-state index contributed by atoms with van der Waals surface area (Å²) in [6.07, 6.45) is 1.82. The fourth-order valence-electron chi connectivity index (χ4n) is 5.00. The zero-order chi connectivity index (χ0) is 24.9. The first kappa shape index (κ1) is 21.2. The zero-order valence-corrected chi connectivity index (χ0v) is 21.0. The first-order valence-corrected chi connectivity index (χ1v) is 12.2. The summed E-state index contributed by atoms with van der Waals surface area (Å²) >= 11 is 0. The number of furan rings is 1. The Labute approximate surface area is 203 Å². The van der Waals surface area contributed by atoms with Crippen molar-refractivity contribution in [2.75, 3.05) is 0 Å². The largest absolute Gasteiger partial charge is 0.464 e. The molecule has 0 spiro atoms. The first-order chi connectivity index (χ1) is 16.6. The van der Waals surface area contributed by atoms with Gasteiger partial charge in [-0.05, 0) is 58.2 Å². The van der Waals surface area contributed by atoms with Crippen LogP contribution in [-0.2, 0) is 6.54 Å². The van der Waals surface area contributed by atoms with Crippen molar-refractivity contribution in [3.05, 3.63) is 89.2 Å². The number of hydrogen-bond donors (Lipinski definition) is 0. The molecule has 0 aliphatic carbocycles. The summed E-state index contributed by atoms with van der Waals surface area (Å²) in [7, 11) is 0. The minimum atomic E-state index is -0.678. The Morgan fingerprint density at radius 1 is 0.882 bits per heavy atom. The molecule has 0 amide bonds. The molecule has 2 heterocycles. The minimum absolute atomic E-state index is 0.434. The number of fused-ring (bicyclic) bond motifs is 2. The maximum Gasteiger partial charge on any atom is 0.145 e. The van der Waals surface area contributed by atoms with Gasteiger partial charge in [0.1, 0.15) is 17.7 Å². The van der Waals surface area contributed by atoms with E-state index >= 15 is 0 Å². The number of benzene rings is 3. The number of aromatic nitrogens is 2. The summed E-state index contributed by atoms with van der Waals surface area (Å²) in [5.74, 6) is 1.10. The van der Waals surface area contributed by atoms with Crippen LogP contribution in [0.4, 0.5) is 0 Å². The van der Waals surface area contributed by atoms with Crippen LogP contribution < -0.4 is 0 Å². The fraction of sp³-hybridized carbons (Fsp3) is 0.323. The monoisotopic (exact) mass is 451 g/mol. The molecule has 0 aliphatic rings. The van der Waals surface area contributed by atoms with E-state index in [9.17, 15) is 0 Å². The molecular weight excluding hydrogens is 416 g/mol. The summed E-state index contributed by atoms with van der Waals surface area (Å²) in [4.78, 5) is 5.09. The van der Waals surface area contributed by atoms with Crippen LogP contribution in [0.25, 0.3) is 33.4 Å². The molecule has 0 bridgehead atoms. The number of rotatable bonds is 6. The van der Waals surface area contributed by atoms with Crippen LogP contribution in [-0.4, -0.2) is 9.55 Å². The molecule has 2 aromatic heterocycles. The van der Waals surface area contributed by atoms with Crippen LogP contribution in [0.1, 0.15) is 82.9 Å². The molecule has 34 heavy (non-hydrogen) atoms. The minimum Gasteiger partial charge on any atom is -0.464 e. The second-order valence-electron chi connectivity index (χ2n) is 10.1. The Balaban J connectivity index is 1.73. The molecule has 0 fully saturated rings. The highest BCUT2D eigenvalue weighted by Crippen LogP contribution is 2.36. The highest BCUT2D eigenvalue weighted by molar-refractivity contribution is 5.94. The fourth-order valence-corrected chi connectivity index (χ4v) is 5.00. The Hall–Kier alpha value is -3.33. The molecule has 3 aromatic carbocycles. The van der Waals surface area contributed by atoms with Gasteiger partial charge in [0.25, 0.3) is 0 Å². The number of imidazole rings is 1. The van der Waals surface area contributed by atoms with E-state index in [0.29, 0.717) is 11.8 Å². The van der Waals surface area contributed by atoms with Gasteiger partial charge in [0.2, 0.25) is 0 Å². The molecule has 0 unspecified atom stereocenters. The zero-order valence-electron chi connectivity index (χ0n) is 22.0. The van der Waals surface area contributed by atoms with Crippen LogP contribution in [0, 0.1) is 0 Å². The highest BCUT2D eigenvalue weighted by Gasteiger charge is 2.21. The van der Waals surface area contributed by atoms with Crippen molar-refractivity contribution in [2.24, 2.45) is 0 Å². The summed E-state index contributed by atoms with van der Waals surface area (Å²) in [6.45, 7) is 13.6. The van der Waals surface area contributed by atoms with Gasteiger partial charge in [0.05, 0.1) is 23.1 Å². The number of hydrogen-bond acceptors (Lipinski definition) is 2. The summed E-state index contributed by atoms with van der Waals surface area (Å²) in [5, 5.41) is 1.02. The molecule has 0 N–H and O–H groups in total. The molecule has 174 valence electrons. The predicted octanol–water partition coefficient (Wildman–Crippen LogP) is 8.87. The van der Waals surface area contributed by atoms with Gasteiger partial charge >= 0.3 is 0 Å². The van der Waals surface area contributed by atoms with Crippen molar-refractivity contribution in [3.8, 4) is 11.4 Å². The summed E-state index contributed by atoms with van der Waals surface area (Å²) in [5.41, 5.74) is 8.97. The van der Waals surface area contributed by atoms with Crippen LogP contribution in [0.2, 0.25) is 0 Å². The molecule has 3 nitrogen and oxygen atoms in total. The van der Waals surface area contributed by atoms with Crippen LogP contribution in [0.5, 0.6) is 0 Å². The van der Waals surface area contributed by atoms with Crippen molar-refractivity contribution >= 4 is 22.0 Å². The summed E-state index contributed by atoms with van der Waals surface area (Å²) in [6, 6.07) is 21.2. The van der Waals surface area contributed by atoms with Gasteiger partial charge in [-0.15, -0.1) is 0 Å². The van der Waals surface area contributed by atoms with Crippen molar-refractivity contribution in [2.45, 2.75) is 65.8 Å². The Kier molecular flexibility index (Phi) is 5.49. The van der Waals surface area contributed by atoms with E-state index in [2.05, 4.69) is 74.7 Å². The number of nitrogens with zero attached hydrogens (tertiary/aromatic N) is 2.